The molecule has 0 aliphatic carbocycles. The molecule has 0 unspecified atom stereocenters. The Bertz CT molecular complexity index is 1020. The van der Waals surface area contributed by atoms with E-state index in [1.54, 1.807) is 13.8 Å². The molecule has 7 nitrogen and oxygen atoms in total. The van der Waals surface area contributed by atoms with Crippen molar-refractivity contribution < 1.29 is 4.92 Å². The monoisotopic (exact) mass is 350 g/mol. The van der Waals surface area contributed by atoms with Crippen LogP contribution in [0.1, 0.15) is 23.7 Å². The summed E-state index contributed by atoms with van der Waals surface area (Å²) in [5, 5.41) is 13.8. The van der Waals surface area contributed by atoms with Gasteiger partial charge in [0.25, 0.3) is 11.2 Å². The highest BCUT2D eigenvalue weighted by atomic mass is 16.6. The zero-order valence-corrected chi connectivity index (χ0v) is 14.5. The molecule has 0 bridgehead atoms. The van der Waals surface area contributed by atoms with Crippen LogP contribution in [0.4, 0.5) is 5.69 Å². The number of nitro groups is 1. The fourth-order valence-electron chi connectivity index (χ4n) is 2.75. The first-order valence-electron chi connectivity index (χ1n) is 8.09. The third-order valence-corrected chi connectivity index (χ3v) is 4.09. The van der Waals surface area contributed by atoms with Crippen LogP contribution >= 0.6 is 0 Å². The molecule has 0 radical (unpaired) electrons. The summed E-state index contributed by atoms with van der Waals surface area (Å²) in [7, 11) is 0. The fourth-order valence-corrected chi connectivity index (χ4v) is 2.75. The van der Waals surface area contributed by atoms with E-state index in [2.05, 4.69) is 10.1 Å². The lowest BCUT2D eigenvalue weighted by atomic mass is 10.1. The molecule has 2 aromatic carbocycles. The quantitative estimate of drug-likeness (QED) is 0.434. The van der Waals surface area contributed by atoms with Crippen LogP contribution in [0, 0.1) is 17.0 Å². The minimum atomic E-state index is -0.474. The number of nitro benzene ring substituents is 1. The van der Waals surface area contributed by atoms with Crippen LogP contribution in [0.15, 0.2) is 64.4 Å². The van der Waals surface area contributed by atoms with Gasteiger partial charge >= 0.3 is 0 Å². The van der Waals surface area contributed by atoms with Gasteiger partial charge in [-0.2, -0.15) is 0 Å². The summed E-state index contributed by atoms with van der Waals surface area (Å²) in [5.74, 6) is 0. The summed E-state index contributed by atoms with van der Waals surface area (Å²) in [6.45, 7) is 4.11. The first-order chi connectivity index (χ1) is 12.5. The maximum absolute atomic E-state index is 12.8. The van der Waals surface area contributed by atoms with E-state index in [1.165, 1.54) is 28.9 Å². The molecule has 0 atom stereocenters. The van der Waals surface area contributed by atoms with Crippen molar-refractivity contribution in [2.45, 2.75) is 20.4 Å². The number of hydrogen-bond donors (Lipinski definition) is 1. The Morgan fingerprint density at radius 1 is 1.15 bits per heavy atom. The largest absolute Gasteiger partial charge is 0.295 e. The van der Waals surface area contributed by atoms with Crippen LogP contribution in [0.5, 0.6) is 0 Å². The molecule has 0 aliphatic rings. The number of hydrogen-bond acceptors (Lipinski definition) is 4. The molecule has 3 aromatic rings. The van der Waals surface area contributed by atoms with Gasteiger partial charge in [-0.25, -0.2) is 4.68 Å². The maximum Gasteiger partial charge on any atom is 0.280 e. The van der Waals surface area contributed by atoms with E-state index in [-0.39, 0.29) is 11.2 Å². The number of rotatable bonds is 5. The molecular formula is C19H18N4O3. The van der Waals surface area contributed by atoms with Gasteiger partial charge in [-0.1, -0.05) is 30.3 Å². The Hall–Kier alpha value is -3.48. The number of aromatic amines is 1. The lowest BCUT2D eigenvalue weighted by Crippen LogP contribution is -2.19. The van der Waals surface area contributed by atoms with E-state index < -0.39 is 4.92 Å². The highest BCUT2D eigenvalue weighted by molar-refractivity contribution is 5.99. The average molecular weight is 350 g/mol. The molecular weight excluding hydrogens is 332 g/mol. The van der Waals surface area contributed by atoms with E-state index in [4.69, 9.17) is 0 Å². The number of H-pyrrole nitrogens is 1. The van der Waals surface area contributed by atoms with Gasteiger partial charge in [0, 0.05) is 23.5 Å². The summed E-state index contributed by atoms with van der Waals surface area (Å²) in [5.41, 5.74) is 3.20. The zero-order chi connectivity index (χ0) is 18.7. The van der Waals surface area contributed by atoms with E-state index >= 15 is 0 Å². The molecule has 0 fully saturated rings. The third-order valence-electron chi connectivity index (χ3n) is 4.09. The van der Waals surface area contributed by atoms with E-state index in [0.29, 0.717) is 29.2 Å². The van der Waals surface area contributed by atoms with Crippen molar-refractivity contribution in [3.8, 4) is 5.69 Å². The first-order valence-corrected chi connectivity index (χ1v) is 8.09. The molecule has 0 amide bonds. The number of nitrogens with zero attached hydrogens (tertiary/aromatic N) is 3. The summed E-state index contributed by atoms with van der Waals surface area (Å²) >= 11 is 0. The summed E-state index contributed by atoms with van der Waals surface area (Å²) in [6, 6.07) is 15.6. The lowest BCUT2D eigenvalue weighted by molar-refractivity contribution is -0.384. The van der Waals surface area contributed by atoms with Crippen LogP contribution in [0.2, 0.25) is 0 Å². The van der Waals surface area contributed by atoms with Crippen molar-refractivity contribution in [1.82, 2.24) is 9.78 Å². The minimum absolute atomic E-state index is 0.0223. The number of non-ortho nitro benzene ring substituents is 1. The summed E-state index contributed by atoms with van der Waals surface area (Å²) < 4.78 is 1.37. The Kier molecular flexibility index (Phi) is 4.79. The van der Waals surface area contributed by atoms with Crippen molar-refractivity contribution in [3.05, 3.63) is 91.9 Å². The average Bonchev–Trinajstić information content (AvgIpc) is 2.95. The molecule has 7 heteroatoms. The standard InChI is InChI=1S/C19H18N4O3/c1-13(20-12-15-6-4-3-5-7-15)18-14(2)21-22(19(18)24)16-8-10-17(11-9-16)23(25)26/h3-11,21H,12H2,1-2H3. The van der Waals surface area contributed by atoms with Crippen molar-refractivity contribution >= 4 is 11.4 Å². The highest BCUT2D eigenvalue weighted by Gasteiger charge is 2.15. The maximum atomic E-state index is 12.8. The Balaban J connectivity index is 1.92. The normalized spacial score (nSPS) is 11.5. The van der Waals surface area contributed by atoms with Crippen molar-refractivity contribution in [2.75, 3.05) is 0 Å². The predicted octanol–water partition coefficient (Wildman–Crippen LogP) is 3.39. The molecule has 1 N–H and O–H groups in total. The second-order valence-corrected chi connectivity index (χ2v) is 5.91. The second-order valence-electron chi connectivity index (χ2n) is 5.91. The number of aryl methyl sites for hydroxylation is 1. The smallest absolute Gasteiger partial charge is 0.280 e. The number of aromatic nitrogens is 2. The van der Waals surface area contributed by atoms with Crippen LogP contribution in [-0.2, 0) is 6.54 Å². The molecule has 3 rings (SSSR count). The third kappa shape index (κ3) is 3.46. The van der Waals surface area contributed by atoms with E-state index in [1.807, 2.05) is 30.3 Å². The first kappa shape index (κ1) is 17.3. The topological polar surface area (TPSA) is 93.3 Å². The second kappa shape index (κ2) is 7.18. The van der Waals surface area contributed by atoms with Crippen LogP contribution in [0.3, 0.4) is 0 Å². The molecule has 1 aromatic heterocycles. The minimum Gasteiger partial charge on any atom is -0.295 e. The molecule has 0 saturated carbocycles. The SMILES string of the molecule is CC(=NCc1ccccc1)c1c(C)[nH]n(-c2ccc([N+](=O)[O-])cc2)c1=O. The van der Waals surface area contributed by atoms with Crippen LogP contribution < -0.4 is 5.56 Å². The van der Waals surface area contributed by atoms with Gasteiger partial charge in [0.2, 0.25) is 0 Å². The number of nitrogens with one attached hydrogen (secondary N) is 1. The van der Waals surface area contributed by atoms with Crippen molar-refractivity contribution in [3.63, 3.8) is 0 Å². The molecule has 132 valence electrons. The molecule has 0 spiro atoms. The molecule has 0 saturated heterocycles. The Labute approximate surface area is 149 Å². The van der Waals surface area contributed by atoms with E-state index in [0.717, 1.165) is 5.56 Å². The van der Waals surface area contributed by atoms with Crippen LogP contribution in [0.25, 0.3) is 5.69 Å². The van der Waals surface area contributed by atoms with Gasteiger partial charge in [-0.3, -0.25) is 25.0 Å². The summed E-state index contributed by atoms with van der Waals surface area (Å²) in [4.78, 5) is 27.6. The highest BCUT2D eigenvalue weighted by Crippen LogP contribution is 2.15. The zero-order valence-electron chi connectivity index (χ0n) is 14.5. The number of benzene rings is 2. The van der Waals surface area contributed by atoms with Crippen molar-refractivity contribution in [1.29, 1.82) is 0 Å². The van der Waals surface area contributed by atoms with Gasteiger partial charge in [0.15, 0.2) is 0 Å². The molecule has 26 heavy (non-hydrogen) atoms. The Morgan fingerprint density at radius 3 is 2.42 bits per heavy atom. The van der Waals surface area contributed by atoms with Gasteiger partial charge < -0.3 is 0 Å². The van der Waals surface area contributed by atoms with Gasteiger partial charge in [-0.15, -0.1) is 0 Å². The lowest BCUT2D eigenvalue weighted by Gasteiger charge is -2.01. The summed E-state index contributed by atoms with van der Waals surface area (Å²) in [6.07, 6.45) is 0. The predicted molar refractivity (Wildman–Crippen MR) is 100 cm³/mol. The molecule has 1 heterocycles. The fraction of sp³-hybridized carbons (Fsp3) is 0.158. The van der Waals surface area contributed by atoms with Crippen molar-refractivity contribution in [2.24, 2.45) is 4.99 Å². The van der Waals surface area contributed by atoms with Gasteiger partial charge in [-0.05, 0) is 31.5 Å². The van der Waals surface area contributed by atoms with Gasteiger partial charge in [0.1, 0.15) is 0 Å². The van der Waals surface area contributed by atoms with Gasteiger partial charge in [0.05, 0.1) is 22.7 Å². The van der Waals surface area contributed by atoms with E-state index in [9.17, 15) is 14.9 Å². The number of aliphatic imine (C=N–C) groups is 1. The molecule has 0 aliphatic heterocycles. The van der Waals surface area contributed by atoms with Crippen LogP contribution in [-0.4, -0.2) is 20.4 Å². The Morgan fingerprint density at radius 2 is 1.81 bits per heavy atom.